The zero-order valence-corrected chi connectivity index (χ0v) is 18.3. The summed E-state index contributed by atoms with van der Waals surface area (Å²) in [4.78, 5) is 36.3. The molecule has 2 aromatic rings. The number of carbonyl (C=O) groups excluding carboxylic acids is 3. The molecule has 0 unspecified atom stereocenters. The quantitative estimate of drug-likeness (QED) is 0.594. The van der Waals surface area contributed by atoms with Crippen LogP contribution >= 0.6 is 11.8 Å². The zero-order valence-electron chi connectivity index (χ0n) is 17.5. The Bertz CT molecular complexity index is 933. The van der Waals surface area contributed by atoms with Crippen molar-refractivity contribution < 1.29 is 28.6 Å². The molecular formula is C23H25NO6S. The maximum Gasteiger partial charge on any atom is 0.328 e. The van der Waals surface area contributed by atoms with Crippen LogP contribution in [0.5, 0.6) is 11.5 Å². The van der Waals surface area contributed by atoms with Gasteiger partial charge in [-0.1, -0.05) is 48.2 Å². The third-order valence-corrected chi connectivity index (χ3v) is 5.72. The van der Waals surface area contributed by atoms with Crippen molar-refractivity contribution in [3.63, 3.8) is 0 Å². The summed E-state index contributed by atoms with van der Waals surface area (Å²) in [6.07, 6.45) is 0.121. The third kappa shape index (κ3) is 6.75. The van der Waals surface area contributed by atoms with Gasteiger partial charge in [0.2, 0.25) is 12.7 Å². The molecule has 0 bridgehead atoms. The molecule has 164 valence electrons. The minimum atomic E-state index is -0.783. The monoisotopic (exact) mass is 443 g/mol. The van der Waals surface area contributed by atoms with E-state index in [9.17, 15) is 14.4 Å². The van der Waals surface area contributed by atoms with E-state index < -0.39 is 12.0 Å². The number of carbonyl (C=O) groups is 3. The van der Waals surface area contributed by atoms with Crippen molar-refractivity contribution >= 4 is 28.8 Å². The number of amides is 1. The van der Waals surface area contributed by atoms with Crippen molar-refractivity contribution in [1.29, 1.82) is 0 Å². The lowest BCUT2D eigenvalue weighted by molar-refractivity contribution is -0.148. The van der Waals surface area contributed by atoms with E-state index in [4.69, 9.17) is 14.2 Å². The van der Waals surface area contributed by atoms with E-state index in [0.29, 0.717) is 17.3 Å². The van der Waals surface area contributed by atoms with Gasteiger partial charge in [-0.05, 0) is 30.2 Å². The Morgan fingerprint density at radius 3 is 2.58 bits per heavy atom. The molecule has 0 saturated heterocycles. The first kappa shape index (κ1) is 22.7. The smallest absolute Gasteiger partial charge is 0.328 e. The SMILES string of the molecule is CC(=O)SC[C@H](CC(=O)N[C@H](C)C(=O)OCc1ccccc1)c1ccc2c(c1)OCO2. The Morgan fingerprint density at radius 1 is 1.10 bits per heavy atom. The third-order valence-electron chi connectivity index (χ3n) is 4.74. The molecule has 8 heteroatoms. The van der Waals surface area contributed by atoms with Crippen molar-refractivity contribution in [3.8, 4) is 11.5 Å². The van der Waals surface area contributed by atoms with Crippen LogP contribution in [0.1, 0.15) is 37.3 Å². The van der Waals surface area contributed by atoms with Gasteiger partial charge < -0.3 is 19.5 Å². The van der Waals surface area contributed by atoms with Crippen LogP contribution in [0.3, 0.4) is 0 Å². The van der Waals surface area contributed by atoms with Crippen molar-refractivity contribution in [2.24, 2.45) is 0 Å². The van der Waals surface area contributed by atoms with Crippen LogP contribution in [-0.2, 0) is 25.7 Å². The van der Waals surface area contributed by atoms with Crippen molar-refractivity contribution in [3.05, 3.63) is 59.7 Å². The minimum absolute atomic E-state index is 0.0241. The highest BCUT2D eigenvalue weighted by atomic mass is 32.2. The molecule has 0 spiro atoms. The topological polar surface area (TPSA) is 90.9 Å². The maximum atomic E-state index is 12.6. The predicted octanol–water partition coefficient (Wildman–Crippen LogP) is 3.42. The molecule has 31 heavy (non-hydrogen) atoms. The highest BCUT2D eigenvalue weighted by Crippen LogP contribution is 2.36. The fourth-order valence-electron chi connectivity index (χ4n) is 3.09. The molecule has 0 radical (unpaired) electrons. The maximum absolute atomic E-state index is 12.6. The normalized spacial score (nSPS) is 13.9. The number of hydrogen-bond donors (Lipinski definition) is 1. The lowest BCUT2D eigenvalue weighted by Crippen LogP contribution is -2.40. The summed E-state index contributed by atoms with van der Waals surface area (Å²) in [5.41, 5.74) is 1.74. The number of ether oxygens (including phenoxy) is 3. The molecule has 1 amide bonds. The van der Waals surface area contributed by atoms with Gasteiger partial charge in [0.15, 0.2) is 16.6 Å². The minimum Gasteiger partial charge on any atom is -0.459 e. The first-order valence-electron chi connectivity index (χ1n) is 9.95. The highest BCUT2D eigenvalue weighted by Gasteiger charge is 2.23. The molecule has 0 fully saturated rings. The summed E-state index contributed by atoms with van der Waals surface area (Å²) >= 11 is 1.16. The van der Waals surface area contributed by atoms with Crippen LogP contribution in [0.4, 0.5) is 0 Å². The number of nitrogens with one attached hydrogen (secondary N) is 1. The van der Waals surface area contributed by atoms with Crippen molar-refractivity contribution in [2.75, 3.05) is 12.5 Å². The van der Waals surface area contributed by atoms with Crippen LogP contribution < -0.4 is 14.8 Å². The van der Waals surface area contributed by atoms with E-state index in [-0.39, 0.29) is 36.8 Å². The Hall–Kier alpha value is -3.00. The molecule has 0 saturated carbocycles. The van der Waals surface area contributed by atoms with Gasteiger partial charge in [-0.2, -0.15) is 0 Å². The van der Waals surface area contributed by atoms with E-state index in [1.807, 2.05) is 42.5 Å². The standard InChI is InChI=1S/C23H25NO6S/c1-15(23(27)28-12-17-6-4-3-5-7-17)24-22(26)11-19(13-31-16(2)25)18-8-9-20-21(10-18)30-14-29-20/h3-10,15,19H,11-14H2,1-2H3,(H,24,26)/t15-,19+/m1/s1. The van der Waals surface area contributed by atoms with Crippen LogP contribution in [0.25, 0.3) is 0 Å². The fraction of sp³-hybridized carbons (Fsp3) is 0.348. The lowest BCUT2D eigenvalue weighted by atomic mass is 9.96. The number of hydrogen-bond acceptors (Lipinski definition) is 7. The van der Waals surface area contributed by atoms with E-state index in [2.05, 4.69) is 5.32 Å². The van der Waals surface area contributed by atoms with Gasteiger partial charge in [0.25, 0.3) is 0 Å². The van der Waals surface area contributed by atoms with Gasteiger partial charge in [-0.3, -0.25) is 9.59 Å². The molecule has 0 aliphatic carbocycles. The summed E-state index contributed by atoms with van der Waals surface area (Å²) in [5, 5.41) is 2.67. The Kier molecular flexibility index (Phi) is 7.94. The largest absolute Gasteiger partial charge is 0.459 e. The number of thioether (sulfide) groups is 1. The first-order chi connectivity index (χ1) is 14.9. The summed E-state index contributed by atoms with van der Waals surface area (Å²) in [7, 11) is 0. The molecule has 1 N–H and O–H groups in total. The number of esters is 1. The van der Waals surface area contributed by atoms with Crippen LogP contribution in [0.2, 0.25) is 0 Å². The van der Waals surface area contributed by atoms with Gasteiger partial charge in [-0.25, -0.2) is 4.79 Å². The highest BCUT2D eigenvalue weighted by molar-refractivity contribution is 8.13. The zero-order chi connectivity index (χ0) is 22.2. The van der Waals surface area contributed by atoms with E-state index >= 15 is 0 Å². The Labute approximate surface area is 185 Å². The summed E-state index contributed by atoms with van der Waals surface area (Å²) < 4.78 is 16.0. The molecule has 3 rings (SSSR count). The van der Waals surface area contributed by atoms with Crippen LogP contribution in [0.15, 0.2) is 48.5 Å². The van der Waals surface area contributed by atoms with E-state index in [1.54, 1.807) is 13.0 Å². The fourth-order valence-corrected chi connectivity index (χ4v) is 3.84. The molecular weight excluding hydrogens is 418 g/mol. The molecule has 2 atom stereocenters. The van der Waals surface area contributed by atoms with Gasteiger partial charge in [-0.15, -0.1) is 0 Å². The number of benzene rings is 2. The van der Waals surface area contributed by atoms with E-state index in [1.165, 1.54) is 6.92 Å². The second-order valence-corrected chi connectivity index (χ2v) is 8.40. The lowest BCUT2D eigenvalue weighted by Gasteiger charge is -2.19. The van der Waals surface area contributed by atoms with Gasteiger partial charge >= 0.3 is 5.97 Å². The summed E-state index contributed by atoms with van der Waals surface area (Å²) in [5.74, 6) is 0.686. The van der Waals surface area contributed by atoms with Crippen LogP contribution in [-0.4, -0.2) is 35.6 Å². The summed E-state index contributed by atoms with van der Waals surface area (Å²) in [6, 6.07) is 14.0. The molecule has 1 heterocycles. The summed E-state index contributed by atoms with van der Waals surface area (Å²) in [6.45, 7) is 3.39. The van der Waals surface area contributed by atoms with Crippen molar-refractivity contribution in [1.82, 2.24) is 5.32 Å². The Balaban J connectivity index is 1.57. The first-order valence-corrected chi connectivity index (χ1v) is 10.9. The molecule has 1 aliphatic rings. The van der Waals surface area contributed by atoms with Gasteiger partial charge in [0.1, 0.15) is 12.6 Å². The predicted molar refractivity (Wildman–Crippen MR) is 117 cm³/mol. The number of rotatable bonds is 9. The average molecular weight is 444 g/mol. The van der Waals surface area contributed by atoms with Gasteiger partial charge in [0.05, 0.1) is 0 Å². The second kappa shape index (κ2) is 10.9. The molecule has 0 aromatic heterocycles. The van der Waals surface area contributed by atoms with Crippen LogP contribution in [0, 0.1) is 0 Å². The molecule has 2 aromatic carbocycles. The van der Waals surface area contributed by atoms with E-state index in [0.717, 1.165) is 22.9 Å². The Morgan fingerprint density at radius 2 is 1.84 bits per heavy atom. The number of fused-ring (bicyclic) bond motifs is 1. The molecule has 1 aliphatic heterocycles. The average Bonchev–Trinajstić information content (AvgIpc) is 3.23. The molecule has 7 nitrogen and oxygen atoms in total. The van der Waals surface area contributed by atoms with Crippen molar-refractivity contribution in [2.45, 2.75) is 38.8 Å². The second-order valence-electron chi connectivity index (χ2n) is 7.20. The van der Waals surface area contributed by atoms with Gasteiger partial charge in [0, 0.05) is 25.0 Å².